The summed E-state index contributed by atoms with van der Waals surface area (Å²) in [6.45, 7) is 0. The van der Waals surface area contributed by atoms with Crippen molar-refractivity contribution >= 4 is 21.8 Å². The van der Waals surface area contributed by atoms with E-state index in [9.17, 15) is 4.39 Å². The molecule has 0 aliphatic heterocycles. The van der Waals surface area contributed by atoms with E-state index < -0.39 is 0 Å². The van der Waals surface area contributed by atoms with Gasteiger partial charge >= 0.3 is 0 Å². The Labute approximate surface area is 172 Å². The van der Waals surface area contributed by atoms with Gasteiger partial charge in [0.1, 0.15) is 23.0 Å². The molecule has 5 rings (SSSR count). The third kappa shape index (κ3) is 2.93. The molecule has 0 unspecified atom stereocenters. The Morgan fingerprint density at radius 2 is 1.63 bits per heavy atom. The average Bonchev–Trinajstić information content (AvgIpc) is 3.19. The lowest BCUT2D eigenvalue weighted by atomic mass is 10.1. The molecule has 148 valence electrons. The Morgan fingerprint density at radius 3 is 2.40 bits per heavy atom. The summed E-state index contributed by atoms with van der Waals surface area (Å²) < 4.78 is 26.6. The van der Waals surface area contributed by atoms with E-state index in [2.05, 4.69) is 4.98 Å². The number of benzene rings is 3. The zero-order valence-corrected chi connectivity index (χ0v) is 16.5. The Balaban J connectivity index is 1.85. The lowest BCUT2D eigenvalue weighted by Crippen LogP contribution is -1.97. The molecule has 0 fully saturated rings. The van der Waals surface area contributed by atoms with Crippen molar-refractivity contribution in [3.05, 3.63) is 78.7 Å². The molecule has 0 amide bonds. The number of nitrogens with zero attached hydrogens (tertiary/aromatic N) is 3. The minimum absolute atomic E-state index is 0.317. The molecule has 0 saturated heterocycles. The summed E-state index contributed by atoms with van der Waals surface area (Å²) in [6.07, 6.45) is 1.79. The number of methoxy groups -OCH3 is 2. The molecular weight excluding hydrogens is 381 g/mol. The van der Waals surface area contributed by atoms with Crippen LogP contribution in [0.5, 0.6) is 11.5 Å². The average molecular weight is 399 g/mol. The molecule has 30 heavy (non-hydrogen) atoms. The van der Waals surface area contributed by atoms with E-state index in [0.717, 1.165) is 39.3 Å². The fourth-order valence-electron chi connectivity index (χ4n) is 3.65. The number of rotatable bonds is 4. The van der Waals surface area contributed by atoms with Crippen molar-refractivity contribution in [2.45, 2.75) is 0 Å². The maximum atomic E-state index is 14.1. The van der Waals surface area contributed by atoms with Gasteiger partial charge in [0.2, 0.25) is 0 Å². The zero-order chi connectivity index (χ0) is 20.7. The number of fused-ring (bicyclic) bond motifs is 3. The molecule has 0 N–H and O–H groups in total. The first-order valence-corrected chi connectivity index (χ1v) is 9.44. The second-order valence-corrected chi connectivity index (χ2v) is 6.87. The van der Waals surface area contributed by atoms with Crippen LogP contribution >= 0.6 is 0 Å². The molecule has 0 atom stereocenters. The number of aromatic nitrogens is 3. The van der Waals surface area contributed by atoms with Crippen LogP contribution < -0.4 is 9.47 Å². The lowest BCUT2D eigenvalue weighted by molar-refractivity contribution is 0.414. The van der Waals surface area contributed by atoms with E-state index in [1.165, 1.54) is 12.1 Å². The molecule has 3 aromatic carbocycles. The van der Waals surface area contributed by atoms with E-state index in [4.69, 9.17) is 14.6 Å². The highest BCUT2D eigenvalue weighted by molar-refractivity contribution is 6.08. The maximum absolute atomic E-state index is 14.1. The number of halogens is 1. The zero-order valence-electron chi connectivity index (χ0n) is 16.5. The fourth-order valence-corrected chi connectivity index (χ4v) is 3.65. The highest BCUT2D eigenvalue weighted by atomic mass is 19.1. The van der Waals surface area contributed by atoms with Gasteiger partial charge in [-0.2, -0.15) is 5.10 Å². The highest BCUT2D eigenvalue weighted by Crippen LogP contribution is 2.35. The minimum atomic E-state index is -0.317. The quantitative estimate of drug-likeness (QED) is 0.406. The molecule has 0 aliphatic carbocycles. The topological polar surface area (TPSA) is 49.2 Å². The van der Waals surface area contributed by atoms with Crippen LogP contribution in [0.2, 0.25) is 0 Å². The van der Waals surface area contributed by atoms with Gasteiger partial charge in [-0.15, -0.1) is 0 Å². The van der Waals surface area contributed by atoms with Crippen molar-refractivity contribution in [3.8, 4) is 28.4 Å². The summed E-state index contributed by atoms with van der Waals surface area (Å²) in [5.74, 6) is 1.17. The number of pyridine rings is 1. The van der Waals surface area contributed by atoms with Crippen molar-refractivity contribution in [2.24, 2.45) is 0 Å². The second-order valence-electron chi connectivity index (χ2n) is 6.87. The summed E-state index contributed by atoms with van der Waals surface area (Å²) in [5, 5.41) is 6.43. The number of ether oxygens (including phenoxy) is 2. The van der Waals surface area contributed by atoms with Crippen LogP contribution in [0.1, 0.15) is 0 Å². The van der Waals surface area contributed by atoms with Crippen LogP contribution in [0.3, 0.4) is 0 Å². The summed E-state index contributed by atoms with van der Waals surface area (Å²) in [7, 11) is 3.26. The maximum Gasteiger partial charge on any atom is 0.124 e. The van der Waals surface area contributed by atoms with Crippen molar-refractivity contribution < 1.29 is 13.9 Å². The van der Waals surface area contributed by atoms with E-state index >= 15 is 0 Å². The van der Waals surface area contributed by atoms with Crippen LogP contribution in [0.25, 0.3) is 38.8 Å². The first-order valence-electron chi connectivity index (χ1n) is 9.44. The van der Waals surface area contributed by atoms with Crippen LogP contribution in [0.15, 0.2) is 72.9 Å². The largest absolute Gasteiger partial charge is 0.497 e. The molecule has 0 aliphatic rings. The highest BCUT2D eigenvalue weighted by Gasteiger charge is 2.18. The lowest BCUT2D eigenvalue weighted by Gasteiger charge is -2.07. The monoisotopic (exact) mass is 399 g/mol. The number of hydrogen-bond donors (Lipinski definition) is 0. The third-order valence-corrected chi connectivity index (χ3v) is 5.13. The van der Waals surface area contributed by atoms with E-state index in [1.807, 2.05) is 53.2 Å². The van der Waals surface area contributed by atoms with Gasteiger partial charge in [0, 0.05) is 22.5 Å². The van der Waals surface area contributed by atoms with Gasteiger partial charge in [-0.05, 0) is 54.6 Å². The summed E-state index contributed by atoms with van der Waals surface area (Å²) >= 11 is 0. The molecule has 0 radical (unpaired) electrons. The number of hydrogen-bond acceptors (Lipinski definition) is 4. The Morgan fingerprint density at radius 1 is 0.833 bits per heavy atom. The van der Waals surface area contributed by atoms with Gasteiger partial charge in [-0.25, -0.2) is 9.07 Å². The van der Waals surface area contributed by atoms with Crippen LogP contribution in [-0.2, 0) is 0 Å². The predicted octanol–water partition coefficient (Wildman–Crippen LogP) is 5.40. The van der Waals surface area contributed by atoms with Crippen LogP contribution in [-0.4, -0.2) is 29.0 Å². The van der Waals surface area contributed by atoms with Crippen LogP contribution in [0, 0.1) is 5.82 Å². The van der Waals surface area contributed by atoms with Crippen molar-refractivity contribution in [3.63, 3.8) is 0 Å². The van der Waals surface area contributed by atoms with Crippen molar-refractivity contribution in [1.29, 1.82) is 0 Å². The molecular formula is C24H18FN3O2. The summed E-state index contributed by atoms with van der Waals surface area (Å²) in [5.41, 5.74) is 3.98. The normalized spacial score (nSPS) is 11.2. The Bertz CT molecular complexity index is 1380. The Kier molecular flexibility index (Phi) is 4.32. The first kappa shape index (κ1) is 18.1. The minimum Gasteiger partial charge on any atom is -0.497 e. The molecule has 0 saturated carbocycles. The molecule has 6 heteroatoms. The molecule has 0 spiro atoms. The fraction of sp³-hybridized carbons (Fsp3) is 0.0833. The van der Waals surface area contributed by atoms with E-state index in [1.54, 1.807) is 26.5 Å². The molecule has 5 nitrogen and oxygen atoms in total. The SMILES string of the molecule is COc1ccc(-n2nc(-c3cccc(OC)c3)c3cnc4ccc(F)cc4c32)cc1. The molecule has 2 aromatic heterocycles. The third-order valence-electron chi connectivity index (χ3n) is 5.13. The van der Waals surface area contributed by atoms with Gasteiger partial charge in [0.05, 0.1) is 30.9 Å². The summed E-state index contributed by atoms with van der Waals surface area (Å²) in [6, 6.07) is 19.9. The van der Waals surface area contributed by atoms with Gasteiger partial charge in [0.25, 0.3) is 0 Å². The van der Waals surface area contributed by atoms with Crippen molar-refractivity contribution in [2.75, 3.05) is 14.2 Å². The standard InChI is InChI=1S/C24H18FN3O2/c1-29-18-9-7-17(8-10-18)28-24-20-13-16(25)6-11-22(20)26-14-21(24)23(27-28)15-4-3-5-19(12-15)30-2/h3-14H,1-2H3. The molecule has 0 bridgehead atoms. The smallest absolute Gasteiger partial charge is 0.124 e. The van der Waals surface area contributed by atoms with Gasteiger partial charge < -0.3 is 9.47 Å². The molecule has 2 heterocycles. The Hall–Kier alpha value is -3.93. The predicted molar refractivity (Wildman–Crippen MR) is 115 cm³/mol. The van der Waals surface area contributed by atoms with Gasteiger partial charge in [-0.3, -0.25) is 4.98 Å². The second kappa shape index (κ2) is 7.15. The van der Waals surface area contributed by atoms with Crippen LogP contribution in [0.4, 0.5) is 4.39 Å². The first-order chi connectivity index (χ1) is 14.7. The molecule has 5 aromatic rings. The van der Waals surface area contributed by atoms with E-state index in [-0.39, 0.29) is 5.82 Å². The van der Waals surface area contributed by atoms with E-state index in [0.29, 0.717) is 10.9 Å². The van der Waals surface area contributed by atoms with Gasteiger partial charge in [0.15, 0.2) is 0 Å². The van der Waals surface area contributed by atoms with Crippen molar-refractivity contribution in [1.82, 2.24) is 14.8 Å². The summed E-state index contributed by atoms with van der Waals surface area (Å²) in [4.78, 5) is 4.54. The van der Waals surface area contributed by atoms with Gasteiger partial charge in [-0.1, -0.05) is 12.1 Å².